The average molecular weight is 210 g/mol. The molecule has 1 saturated carbocycles. The predicted molar refractivity (Wildman–Crippen MR) is 57.3 cm³/mol. The molecule has 0 amide bonds. The summed E-state index contributed by atoms with van der Waals surface area (Å²) in [7, 11) is 1.62. The molecule has 2 rings (SSSR count). The number of hydrogen-bond donors (Lipinski definition) is 1. The normalized spacial score (nSPS) is 16.4. The first kappa shape index (κ1) is 9.65. The maximum atomic E-state index is 5.16. The van der Waals surface area contributed by atoms with Crippen molar-refractivity contribution in [2.24, 2.45) is 0 Å². The van der Waals surface area contributed by atoms with Crippen LogP contribution in [0, 0.1) is 11.6 Å². The fraction of sp³-hybridized carbons (Fsp3) is 0.600. The van der Waals surface area contributed by atoms with Gasteiger partial charge in [0.25, 0.3) is 0 Å². The molecule has 14 heavy (non-hydrogen) atoms. The molecule has 1 aliphatic rings. The lowest BCUT2D eigenvalue weighted by atomic mass is 9.85. The monoisotopic (exact) mass is 210 g/mol. The minimum atomic E-state index is 0.575. The molecule has 0 aliphatic heterocycles. The molecule has 1 aromatic heterocycles. The van der Waals surface area contributed by atoms with Crippen LogP contribution >= 0.6 is 12.2 Å². The number of rotatable bonds is 2. The number of aromatic nitrogens is 2. The van der Waals surface area contributed by atoms with E-state index in [2.05, 4.69) is 9.97 Å². The van der Waals surface area contributed by atoms with Crippen LogP contribution in [0.5, 0.6) is 5.75 Å². The van der Waals surface area contributed by atoms with Gasteiger partial charge >= 0.3 is 0 Å². The molecule has 0 atom stereocenters. The van der Waals surface area contributed by atoms with Gasteiger partial charge in [0.2, 0.25) is 0 Å². The number of aryl methyl sites for hydroxylation is 1. The largest absolute Gasteiger partial charge is 0.492 e. The number of methoxy groups -OCH3 is 1. The van der Waals surface area contributed by atoms with Crippen molar-refractivity contribution in [3.8, 4) is 5.75 Å². The molecule has 1 fully saturated rings. The predicted octanol–water partition coefficient (Wildman–Crippen LogP) is 2.72. The molecule has 0 unspecified atom stereocenters. The molecular weight excluding hydrogens is 196 g/mol. The number of hydrogen-bond acceptors (Lipinski definition) is 3. The molecule has 0 aromatic carbocycles. The Bertz CT molecular complexity index is 396. The van der Waals surface area contributed by atoms with E-state index in [1.54, 1.807) is 7.11 Å². The third-order valence-corrected chi connectivity index (χ3v) is 3.05. The minimum Gasteiger partial charge on any atom is -0.492 e. The van der Waals surface area contributed by atoms with Crippen LogP contribution < -0.4 is 4.74 Å². The van der Waals surface area contributed by atoms with E-state index < -0.39 is 0 Å². The van der Waals surface area contributed by atoms with Crippen LogP contribution in [-0.2, 0) is 0 Å². The summed E-state index contributed by atoms with van der Waals surface area (Å²) in [4.78, 5) is 7.63. The molecule has 1 aliphatic carbocycles. The van der Waals surface area contributed by atoms with E-state index in [0.29, 0.717) is 16.3 Å². The Morgan fingerprint density at radius 1 is 1.50 bits per heavy atom. The van der Waals surface area contributed by atoms with Gasteiger partial charge in [-0.15, -0.1) is 0 Å². The molecule has 1 heterocycles. The van der Waals surface area contributed by atoms with Gasteiger partial charge in [-0.05, 0) is 19.8 Å². The number of nitrogens with one attached hydrogen (secondary N) is 1. The Labute approximate surface area is 88.5 Å². The van der Waals surface area contributed by atoms with Crippen molar-refractivity contribution in [2.45, 2.75) is 32.1 Å². The Morgan fingerprint density at radius 3 is 2.64 bits per heavy atom. The van der Waals surface area contributed by atoms with E-state index >= 15 is 0 Å². The third kappa shape index (κ3) is 1.54. The van der Waals surface area contributed by atoms with Crippen LogP contribution in [0.15, 0.2) is 0 Å². The third-order valence-electron chi connectivity index (χ3n) is 2.77. The Kier molecular flexibility index (Phi) is 2.54. The molecule has 0 bridgehead atoms. The number of H-pyrrole nitrogens is 1. The topological polar surface area (TPSA) is 37.9 Å². The fourth-order valence-corrected chi connectivity index (χ4v) is 2.05. The molecule has 1 N–H and O–H groups in total. The second-order valence-corrected chi connectivity index (χ2v) is 4.10. The van der Waals surface area contributed by atoms with Crippen molar-refractivity contribution in [3.63, 3.8) is 0 Å². The van der Waals surface area contributed by atoms with Crippen LogP contribution in [-0.4, -0.2) is 17.1 Å². The molecule has 76 valence electrons. The van der Waals surface area contributed by atoms with Gasteiger partial charge in [0, 0.05) is 5.92 Å². The molecular formula is C10H14N2OS. The summed E-state index contributed by atoms with van der Waals surface area (Å²) < 4.78 is 5.74. The van der Waals surface area contributed by atoms with Crippen LogP contribution in [0.1, 0.15) is 36.7 Å². The zero-order valence-corrected chi connectivity index (χ0v) is 9.28. The van der Waals surface area contributed by atoms with Crippen molar-refractivity contribution in [3.05, 3.63) is 16.2 Å². The lowest BCUT2D eigenvalue weighted by molar-refractivity contribution is 0.385. The van der Waals surface area contributed by atoms with E-state index in [1.165, 1.54) is 19.3 Å². The Hall–Kier alpha value is -0.900. The second-order valence-electron chi connectivity index (χ2n) is 3.71. The lowest BCUT2D eigenvalue weighted by Gasteiger charge is -2.24. The van der Waals surface area contributed by atoms with Gasteiger partial charge in [-0.3, -0.25) is 0 Å². The summed E-state index contributed by atoms with van der Waals surface area (Å²) in [6, 6.07) is 0. The molecule has 3 nitrogen and oxygen atoms in total. The maximum absolute atomic E-state index is 5.16. The van der Waals surface area contributed by atoms with Crippen molar-refractivity contribution in [1.82, 2.24) is 9.97 Å². The summed E-state index contributed by atoms with van der Waals surface area (Å²) in [6.45, 7) is 1.97. The molecule has 0 saturated heterocycles. The van der Waals surface area contributed by atoms with Crippen LogP contribution in [0.3, 0.4) is 0 Å². The Balaban J connectivity index is 2.40. The van der Waals surface area contributed by atoms with Crippen molar-refractivity contribution in [2.75, 3.05) is 7.11 Å². The van der Waals surface area contributed by atoms with Crippen LogP contribution in [0.2, 0.25) is 0 Å². The van der Waals surface area contributed by atoms with Crippen molar-refractivity contribution in [1.29, 1.82) is 0 Å². The van der Waals surface area contributed by atoms with E-state index in [9.17, 15) is 0 Å². The Morgan fingerprint density at radius 2 is 2.21 bits per heavy atom. The summed E-state index contributed by atoms with van der Waals surface area (Å²) in [5.74, 6) is 2.31. The van der Waals surface area contributed by atoms with Gasteiger partial charge in [0.15, 0.2) is 10.4 Å². The van der Waals surface area contributed by atoms with Crippen LogP contribution in [0.25, 0.3) is 0 Å². The minimum absolute atomic E-state index is 0.575. The van der Waals surface area contributed by atoms with Gasteiger partial charge in [-0.25, -0.2) is 4.98 Å². The molecule has 4 heteroatoms. The fourth-order valence-electron chi connectivity index (χ4n) is 1.71. The number of ether oxygens (including phenoxy) is 1. The standard InChI is InChI=1S/C10H14N2OS/c1-6-8(13-2)10(14)12-9(11-6)7-4-3-5-7/h7H,3-5H2,1-2H3,(H,11,12,14). The number of nitrogens with zero attached hydrogens (tertiary/aromatic N) is 1. The van der Waals surface area contributed by atoms with E-state index in [1.807, 2.05) is 6.92 Å². The summed E-state index contributed by atoms with van der Waals surface area (Å²) in [5, 5.41) is 0. The van der Waals surface area contributed by atoms with Gasteiger partial charge in [0.1, 0.15) is 5.82 Å². The zero-order valence-electron chi connectivity index (χ0n) is 8.46. The lowest BCUT2D eigenvalue weighted by Crippen LogP contribution is -2.13. The highest BCUT2D eigenvalue weighted by Gasteiger charge is 2.22. The van der Waals surface area contributed by atoms with Crippen molar-refractivity contribution < 1.29 is 4.74 Å². The number of aromatic amines is 1. The maximum Gasteiger partial charge on any atom is 0.174 e. The SMILES string of the molecule is COc1c(C)[nH]c(C2CCC2)nc1=S. The highest BCUT2D eigenvalue weighted by molar-refractivity contribution is 7.71. The van der Waals surface area contributed by atoms with Gasteiger partial charge in [0.05, 0.1) is 12.8 Å². The van der Waals surface area contributed by atoms with Gasteiger partial charge in [-0.1, -0.05) is 18.6 Å². The summed E-state index contributed by atoms with van der Waals surface area (Å²) in [6.07, 6.45) is 3.76. The second kappa shape index (κ2) is 3.69. The average Bonchev–Trinajstić information content (AvgIpc) is 2.00. The smallest absolute Gasteiger partial charge is 0.174 e. The van der Waals surface area contributed by atoms with E-state index in [4.69, 9.17) is 17.0 Å². The summed E-state index contributed by atoms with van der Waals surface area (Å²) >= 11 is 5.16. The molecule has 0 radical (unpaired) electrons. The van der Waals surface area contributed by atoms with E-state index in [0.717, 1.165) is 11.5 Å². The quantitative estimate of drug-likeness (QED) is 0.763. The summed E-state index contributed by atoms with van der Waals surface area (Å²) in [5.41, 5.74) is 0.981. The first-order valence-corrected chi connectivity index (χ1v) is 5.28. The molecule has 0 spiro atoms. The van der Waals surface area contributed by atoms with Crippen molar-refractivity contribution >= 4 is 12.2 Å². The first-order valence-electron chi connectivity index (χ1n) is 4.87. The van der Waals surface area contributed by atoms with E-state index in [-0.39, 0.29) is 0 Å². The van der Waals surface area contributed by atoms with Gasteiger partial charge in [-0.2, -0.15) is 0 Å². The van der Waals surface area contributed by atoms with Crippen LogP contribution in [0.4, 0.5) is 0 Å². The van der Waals surface area contributed by atoms with Gasteiger partial charge < -0.3 is 9.72 Å². The first-order chi connectivity index (χ1) is 6.72. The zero-order chi connectivity index (χ0) is 10.1. The molecule has 1 aromatic rings. The highest BCUT2D eigenvalue weighted by atomic mass is 32.1. The highest BCUT2D eigenvalue weighted by Crippen LogP contribution is 2.35.